The molecule has 6 rings (SSSR count). The van der Waals surface area contributed by atoms with E-state index in [1.54, 1.807) is 24.3 Å². The van der Waals surface area contributed by atoms with Gasteiger partial charge in [0.25, 0.3) is 0 Å². The van der Waals surface area contributed by atoms with E-state index in [0.29, 0.717) is 12.0 Å². The molecule has 2 N–H and O–H groups in total. The van der Waals surface area contributed by atoms with Crippen molar-refractivity contribution in [1.82, 2.24) is 0 Å². The van der Waals surface area contributed by atoms with Gasteiger partial charge in [0.1, 0.15) is 17.8 Å². The molecule has 230 valence electrons. The van der Waals surface area contributed by atoms with Crippen molar-refractivity contribution in [2.24, 2.45) is 22.7 Å². The van der Waals surface area contributed by atoms with E-state index in [1.807, 2.05) is 47.6 Å². The number of ether oxygens (including phenoxy) is 5. The fraction of sp³-hybridized carbons (Fsp3) is 0.697. The minimum absolute atomic E-state index is 0.0639. The molecule has 2 saturated heterocycles. The lowest BCUT2D eigenvalue weighted by molar-refractivity contribution is -0.427. The van der Waals surface area contributed by atoms with Crippen molar-refractivity contribution in [3.05, 3.63) is 47.0 Å². The minimum atomic E-state index is -1.75. The molecule has 0 unspecified atom stereocenters. The predicted molar refractivity (Wildman–Crippen MR) is 151 cm³/mol. The zero-order valence-corrected chi connectivity index (χ0v) is 25.8. The van der Waals surface area contributed by atoms with E-state index in [4.69, 9.17) is 23.7 Å². The molecule has 5 aliphatic rings. The molecule has 0 amide bonds. The molecular weight excluding hydrogens is 540 g/mol. The monoisotopic (exact) mass is 584 g/mol. The summed E-state index contributed by atoms with van der Waals surface area (Å²) in [4.78, 5) is 26.6. The van der Waals surface area contributed by atoms with Crippen LogP contribution in [0.25, 0.3) is 0 Å². The van der Waals surface area contributed by atoms with E-state index < -0.39 is 76.2 Å². The minimum Gasteiger partial charge on any atom is -0.455 e. The lowest BCUT2D eigenvalue weighted by Crippen LogP contribution is -2.83. The molecule has 4 fully saturated rings. The van der Waals surface area contributed by atoms with E-state index in [9.17, 15) is 19.8 Å². The SMILES string of the molecule is CC(=O)O[C@@]12CO[C@@H]1C[C@@H]1OC(C)(C)O[C@H]3[C@H](C)C4=C(C)[C@@H](O)C[C@@](O)([C@@H](OC(=O)c5ccccc5)[C@H]2[C@@]13C)C4(C)C. The summed E-state index contributed by atoms with van der Waals surface area (Å²) in [6, 6.07) is 8.63. The van der Waals surface area contributed by atoms with Crippen LogP contribution in [0.1, 0.15) is 78.6 Å². The molecule has 2 bridgehead atoms. The molecule has 10 atom stereocenters. The number of hydrogen-bond acceptors (Lipinski definition) is 9. The summed E-state index contributed by atoms with van der Waals surface area (Å²) in [5, 5.41) is 24.5. The summed E-state index contributed by atoms with van der Waals surface area (Å²) in [5.41, 5.74) is -2.84. The van der Waals surface area contributed by atoms with Gasteiger partial charge in [-0.05, 0) is 38.5 Å². The van der Waals surface area contributed by atoms with Gasteiger partial charge in [0.05, 0.1) is 36.4 Å². The number of aliphatic hydroxyl groups excluding tert-OH is 1. The maximum atomic E-state index is 13.9. The number of hydrogen-bond donors (Lipinski definition) is 2. The normalized spacial score (nSPS) is 44.9. The second-order valence-electron chi connectivity index (χ2n) is 14.3. The van der Waals surface area contributed by atoms with Crippen LogP contribution in [0.15, 0.2) is 41.5 Å². The molecule has 42 heavy (non-hydrogen) atoms. The predicted octanol–water partition coefficient (Wildman–Crippen LogP) is 3.95. The Bertz CT molecular complexity index is 1320. The summed E-state index contributed by atoms with van der Waals surface area (Å²) in [6.45, 7) is 15.1. The van der Waals surface area contributed by atoms with E-state index in [-0.39, 0.29) is 18.9 Å². The Morgan fingerprint density at radius 2 is 1.69 bits per heavy atom. The van der Waals surface area contributed by atoms with Crippen molar-refractivity contribution in [1.29, 1.82) is 0 Å². The number of benzene rings is 1. The third-order valence-electron chi connectivity index (χ3n) is 11.3. The number of rotatable bonds is 3. The molecule has 3 aliphatic carbocycles. The van der Waals surface area contributed by atoms with Gasteiger partial charge in [-0.2, -0.15) is 0 Å². The highest BCUT2D eigenvalue weighted by Crippen LogP contribution is 2.68. The topological polar surface area (TPSA) is 121 Å². The molecule has 0 radical (unpaired) electrons. The van der Waals surface area contributed by atoms with Gasteiger partial charge in [-0.3, -0.25) is 4.79 Å². The Balaban J connectivity index is 1.65. The molecule has 1 aromatic carbocycles. The number of carbonyl (C=O) groups is 2. The third kappa shape index (κ3) is 3.86. The Kier molecular flexibility index (Phi) is 6.62. The number of carbonyl (C=O) groups excluding carboxylic acids is 2. The van der Waals surface area contributed by atoms with Gasteiger partial charge in [-0.25, -0.2) is 4.79 Å². The van der Waals surface area contributed by atoms with Crippen molar-refractivity contribution in [3.63, 3.8) is 0 Å². The summed E-state index contributed by atoms with van der Waals surface area (Å²) < 4.78 is 32.2. The van der Waals surface area contributed by atoms with Crippen LogP contribution in [-0.2, 0) is 28.5 Å². The molecule has 2 aliphatic heterocycles. The van der Waals surface area contributed by atoms with Gasteiger partial charge in [0, 0.05) is 36.5 Å². The zero-order valence-electron chi connectivity index (χ0n) is 25.8. The molecule has 1 aromatic rings. The van der Waals surface area contributed by atoms with Gasteiger partial charge < -0.3 is 33.9 Å². The van der Waals surface area contributed by atoms with E-state index >= 15 is 0 Å². The highest BCUT2D eigenvalue weighted by atomic mass is 16.7. The summed E-state index contributed by atoms with van der Waals surface area (Å²) in [6.07, 6.45) is -3.29. The van der Waals surface area contributed by atoms with Crippen LogP contribution in [0.5, 0.6) is 0 Å². The van der Waals surface area contributed by atoms with Crippen LogP contribution >= 0.6 is 0 Å². The van der Waals surface area contributed by atoms with Crippen molar-refractivity contribution in [2.45, 2.75) is 116 Å². The molecule has 9 nitrogen and oxygen atoms in total. The second-order valence-corrected chi connectivity index (χ2v) is 14.3. The van der Waals surface area contributed by atoms with Crippen molar-refractivity contribution in [2.75, 3.05) is 6.61 Å². The van der Waals surface area contributed by atoms with Gasteiger partial charge >= 0.3 is 11.9 Å². The molecule has 0 spiro atoms. The largest absolute Gasteiger partial charge is 0.455 e. The Hall–Kier alpha value is -2.30. The standard InChI is InChI=1S/C33H44O9/c1-17-21(35)15-33(37)27(39-28(36)20-12-10-9-11-13-20)25-31(8)22(14-23-32(25,16-38-23)40-19(3)34)41-30(6,7)42-26(31)18(2)24(17)29(33,4)5/h9-13,18,21-23,25-27,35,37H,14-16H2,1-8H3/t18-,21+,22+,23-,25+,26+,27+,31-,32+,33-/m1/s1. The average molecular weight is 585 g/mol. The molecule has 2 saturated carbocycles. The van der Waals surface area contributed by atoms with Crippen molar-refractivity contribution >= 4 is 11.9 Å². The first kappa shape index (κ1) is 29.8. The first-order valence-electron chi connectivity index (χ1n) is 15.0. The highest BCUT2D eigenvalue weighted by Gasteiger charge is 2.79. The first-order chi connectivity index (χ1) is 19.5. The van der Waals surface area contributed by atoms with Crippen LogP contribution in [-0.4, -0.2) is 76.3 Å². The first-order valence-corrected chi connectivity index (χ1v) is 15.0. The summed E-state index contributed by atoms with van der Waals surface area (Å²) in [5.74, 6) is -3.11. The number of fused-ring (bicyclic) bond motifs is 4. The fourth-order valence-electron chi connectivity index (χ4n) is 9.44. The van der Waals surface area contributed by atoms with Gasteiger partial charge in [0.2, 0.25) is 0 Å². The molecule has 0 aromatic heterocycles. The van der Waals surface area contributed by atoms with E-state index in [0.717, 1.165) is 11.1 Å². The highest BCUT2D eigenvalue weighted by molar-refractivity contribution is 5.89. The third-order valence-corrected chi connectivity index (χ3v) is 11.3. The smallest absolute Gasteiger partial charge is 0.338 e. The molecule has 2 heterocycles. The summed E-state index contributed by atoms with van der Waals surface area (Å²) in [7, 11) is 0. The van der Waals surface area contributed by atoms with Crippen molar-refractivity contribution in [3.8, 4) is 0 Å². The van der Waals surface area contributed by atoms with Crippen LogP contribution < -0.4 is 0 Å². The quantitative estimate of drug-likeness (QED) is 0.402. The molecule has 9 heteroatoms. The van der Waals surface area contributed by atoms with Crippen LogP contribution in [0.2, 0.25) is 0 Å². The Labute approximate surface area is 247 Å². The lowest BCUT2D eigenvalue weighted by Gasteiger charge is -2.72. The Morgan fingerprint density at radius 1 is 1.02 bits per heavy atom. The van der Waals surface area contributed by atoms with Gasteiger partial charge in [0.15, 0.2) is 11.4 Å². The lowest BCUT2D eigenvalue weighted by atomic mass is 9.43. The van der Waals surface area contributed by atoms with E-state index in [2.05, 4.69) is 6.92 Å². The van der Waals surface area contributed by atoms with Crippen LogP contribution in [0.4, 0.5) is 0 Å². The van der Waals surface area contributed by atoms with Gasteiger partial charge in [-0.15, -0.1) is 0 Å². The maximum Gasteiger partial charge on any atom is 0.338 e. The number of aliphatic hydroxyl groups is 2. The fourth-order valence-corrected chi connectivity index (χ4v) is 9.44. The van der Waals surface area contributed by atoms with Crippen LogP contribution in [0.3, 0.4) is 0 Å². The average Bonchev–Trinajstić information content (AvgIpc) is 2.89. The zero-order chi connectivity index (χ0) is 30.6. The maximum absolute atomic E-state index is 13.9. The molecular formula is C33H44O9. The van der Waals surface area contributed by atoms with Gasteiger partial charge in [-0.1, -0.05) is 51.5 Å². The van der Waals surface area contributed by atoms with E-state index in [1.165, 1.54) is 6.92 Å². The van der Waals surface area contributed by atoms with Crippen molar-refractivity contribution < 1.29 is 43.5 Å². The number of esters is 2. The second kappa shape index (κ2) is 9.35. The summed E-state index contributed by atoms with van der Waals surface area (Å²) >= 11 is 0. The Morgan fingerprint density at radius 3 is 2.29 bits per heavy atom. The van der Waals surface area contributed by atoms with Crippen LogP contribution in [0, 0.1) is 22.7 Å².